The van der Waals surface area contributed by atoms with E-state index in [9.17, 15) is 0 Å². The summed E-state index contributed by atoms with van der Waals surface area (Å²) in [5, 5.41) is 4.80. The maximum atomic E-state index is 5.46. The molecule has 1 heterocycles. The third-order valence-electron chi connectivity index (χ3n) is 3.63. The van der Waals surface area contributed by atoms with Gasteiger partial charge in [-0.1, -0.05) is 19.1 Å². The van der Waals surface area contributed by atoms with Gasteiger partial charge in [-0.3, -0.25) is 0 Å². The standard InChI is InChI=1S/C15H19NO/c1-2-16-14(12-5-6-12)9-11-3-4-13-7-8-17-15(13)10-11/h3-4,7-8,10,12,14,16H,2,5-6,9H2,1H3/t14-/m0/s1. The van der Waals surface area contributed by atoms with Gasteiger partial charge in [0.05, 0.1) is 6.26 Å². The lowest BCUT2D eigenvalue weighted by molar-refractivity contribution is 0.472. The number of rotatable bonds is 5. The molecule has 0 radical (unpaired) electrons. The second-order valence-electron chi connectivity index (χ2n) is 5.00. The molecule has 0 aliphatic heterocycles. The van der Waals surface area contributed by atoms with Crippen molar-refractivity contribution in [1.29, 1.82) is 0 Å². The van der Waals surface area contributed by atoms with E-state index in [1.807, 2.05) is 6.07 Å². The molecule has 1 aliphatic carbocycles. The summed E-state index contributed by atoms with van der Waals surface area (Å²) in [5.74, 6) is 0.891. The fourth-order valence-corrected chi connectivity index (χ4v) is 2.55. The Hall–Kier alpha value is -1.28. The molecule has 90 valence electrons. The predicted molar refractivity (Wildman–Crippen MR) is 70.1 cm³/mol. The van der Waals surface area contributed by atoms with E-state index in [-0.39, 0.29) is 0 Å². The zero-order chi connectivity index (χ0) is 11.7. The summed E-state index contributed by atoms with van der Waals surface area (Å²) in [5.41, 5.74) is 2.39. The highest BCUT2D eigenvalue weighted by Gasteiger charge is 2.30. The molecule has 3 rings (SSSR count). The van der Waals surface area contributed by atoms with Crippen molar-refractivity contribution < 1.29 is 4.42 Å². The van der Waals surface area contributed by atoms with E-state index in [1.54, 1.807) is 6.26 Å². The highest BCUT2D eigenvalue weighted by Crippen LogP contribution is 2.34. The lowest BCUT2D eigenvalue weighted by Gasteiger charge is -2.17. The minimum Gasteiger partial charge on any atom is -0.464 e. The Morgan fingerprint density at radius 1 is 1.35 bits per heavy atom. The molecule has 0 bridgehead atoms. The second-order valence-corrected chi connectivity index (χ2v) is 5.00. The molecule has 2 nitrogen and oxygen atoms in total. The number of hydrogen-bond donors (Lipinski definition) is 1. The topological polar surface area (TPSA) is 25.2 Å². The molecule has 1 saturated carbocycles. The Labute approximate surface area is 102 Å². The Morgan fingerprint density at radius 3 is 3.00 bits per heavy atom. The molecule has 1 N–H and O–H groups in total. The molecule has 0 amide bonds. The highest BCUT2D eigenvalue weighted by molar-refractivity contribution is 5.77. The average Bonchev–Trinajstić information content (AvgIpc) is 3.07. The van der Waals surface area contributed by atoms with E-state index < -0.39 is 0 Å². The van der Waals surface area contributed by atoms with Gasteiger partial charge in [-0.15, -0.1) is 0 Å². The summed E-state index contributed by atoms with van der Waals surface area (Å²) in [7, 11) is 0. The van der Waals surface area contributed by atoms with Gasteiger partial charge < -0.3 is 9.73 Å². The summed E-state index contributed by atoms with van der Waals surface area (Å²) in [4.78, 5) is 0. The molecular weight excluding hydrogens is 210 g/mol. The van der Waals surface area contributed by atoms with Gasteiger partial charge in [0.25, 0.3) is 0 Å². The summed E-state index contributed by atoms with van der Waals surface area (Å²) >= 11 is 0. The molecule has 1 aromatic carbocycles. The third kappa shape index (κ3) is 2.37. The van der Waals surface area contributed by atoms with Crippen LogP contribution in [0.5, 0.6) is 0 Å². The minimum atomic E-state index is 0.646. The number of fused-ring (bicyclic) bond motifs is 1. The van der Waals surface area contributed by atoms with Gasteiger partial charge in [-0.25, -0.2) is 0 Å². The van der Waals surface area contributed by atoms with Crippen molar-refractivity contribution in [1.82, 2.24) is 5.32 Å². The van der Waals surface area contributed by atoms with E-state index in [1.165, 1.54) is 23.8 Å². The van der Waals surface area contributed by atoms with Crippen LogP contribution >= 0.6 is 0 Å². The van der Waals surface area contributed by atoms with Gasteiger partial charge in [-0.05, 0) is 49.4 Å². The zero-order valence-electron chi connectivity index (χ0n) is 10.3. The fraction of sp³-hybridized carbons (Fsp3) is 0.467. The first-order valence-corrected chi connectivity index (χ1v) is 6.56. The Bertz CT molecular complexity index is 498. The molecule has 0 unspecified atom stereocenters. The van der Waals surface area contributed by atoms with Crippen LogP contribution in [0, 0.1) is 5.92 Å². The van der Waals surface area contributed by atoms with E-state index in [0.29, 0.717) is 6.04 Å². The molecular formula is C15H19NO. The van der Waals surface area contributed by atoms with Crippen LogP contribution < -0.4 is 5.32 Å². The van der Waals surface area contributed by atoms with Gasteiger partial charge in [0.1, 0.15) is 5.58 Å². The second kappa shape index (κ2) is 4.53. The van der Waals surface area contributed by atoms with Crippen LogP contribution in [0.3, 0.4) is 0 Å². The predicted octanol–water partition coefficient (Wildman–Crippen LogP) is 3.36. The molecule has 2 aromatic rings. The number of benzene rings is 1. The van der Waals surface area contributed by atoms with Gasteiger partial charge >= 0.3 is 0 Å². The van der Waals surface area contributed by atoms with Crippen LogP contribution in [0.25, 0.3) is 11.0 Å². The maximum Gasteiger partial charge on any atom is 0.134 e. The summed E-state index contributed by atoms with van der Waals surface area (Å²) in [6.07, 6.45) is 5.66. The van der Waals surface area contributed by atoms with Crippen LogP contribution in [0.4, 0.5) is 0 Å². The normalized spacial score (nSPS) is 17.5. The number of nitrogens with one attached hydrogen (secondary N) is 1. The molecule has 1 atom stereocenters. The molecule has 17 heavy (non-hydrogen) atoms. The van der Waals surface area contributed by atoms with Crippen molar-refractivity contribution in [2.45, 2.75) is 32.2 Å². The Kier molecular flexibility index (Phi) is 2.89. The van der Waals surface area contributed by atoms with Crippen molar-refractivity contribution in [2.24, 2.45) is 5.92 Å². The molecule has 2 heteroatoms. The number of furan rings is 1. The molecule has 1 aliphatic rings. The minimum absolute atomic E-state index is 0.646. The summed E-state index contributed by atoms with van der Waals surface area (Å²) in [6, 6.07) is 9.23. The van der Waals surface area contributed by atoms with Gasteiger partial charge in [0.2, 0.25) is 0 Å². The van der Waals surface area contributed by atoms with Crippen molar-refractivity contribution in [3.05, 3.63) is 36.1 Å². The van der Waals surface area contributed by atoms with E-state index in [4.69, 9.17) is 4.42 Å². The van der Waals surface area contributed by atoms with Crippen LogP contribution in [0.2, 0.25) is 0 Å². The summed E-state index contributed by atoms with van der Waals surface area (Å²) < 4.78 is 5.46. The van der Waals surface area contributed by atoms with Crippen molar-refractivity contribution in [3.8, 4) is 0 Å². The van der Waals surface area contributed by atoms with Gasteiger partial charge in [0, 0.05) is 11.4 Å². The Morgan fingerprint density at radius 2 is 2.24 bits per heavy atom. The summed E-state index contributed by atoms with van der Waals surface area (Å²) in [6.45, 7) is 3.25. The van der Waals surface area contributed by atoms with E-state index in [2.05, 4.69) is 30.4 Å². The van der Waals surface area contributed by atoms with Crippen molar-refractivity contribution >= 4 is 11.0 Å². The van der Waals surface area contributed by atoms with Crippen molar-refractivity contribution in [2.75, 3.05) is 6.54 Å². The van der Waals surface area contributed by atoms with Crippen LogP contribution in [0.15, 0.2) is 34.9 Å². The number of likely N-dealkylation sites (N-methyl/N-ethyl adjacent to an activating group) is 1. The Balaban J connectivity index is 1.77. The van der Waals surface area contributed by atoms with E-state index in [0.717, 1.165) is 24.5 Å². The van der Waals surface area contributed by atoms with Gasteiger partial charge in [-0.2, -0.15) is 0 Å². The van der Waals surface area contributed by atoms with Crippen LogP contribution in [0.1, 0.15) is 25.3 Å². The zero-order valence-corrected chi connectivity index (χ0v) is 10.3. The average molecular weight is 229 g/mol. The highest BCUT2D eigenvalue weighted by atomic mass is 16.3. The number of hydrogen-bond acceptors (Lipinski definition) is 2. The smallest absolute Gasteiger partial charge is 0.134 e. The quantitative estimate of drug-likeness (QED) is 0.850. The monoisotopic (exact) mass is 229 g/mol. The fourth-order valence-electron chi connectivity index (χ4n) is 2.55. The lowest BCUT2D eigenvalue weighted by atomic mass is 10.0. The largest absolute Gasteiger partial charge is 0.464 e. The molecule has 0 spiro atoms. The molecule has 1 fully saturated rings. The third-order valence-corrected chi connectivity index (χ3v) is 3.63. The van der Waals surface area contributed by atoms with E-state index >= 15 is 0 Å². The lowest BCUT2D eigenvalue weighted by Crippen LogP contribution is -2.32. The van der Waals surface area contributed by atoms with Gasteiger partial charge in [0.15, 0.2) is 0 Å². The maximum absolute atomic E-state index is 5.46. The first-order chi connectivity index (χ1) is 8.36. The van der Waals surface area contributed by atoms with Crippen LogP contribution in [-0.2, 0) is 6.42 Å². The first-order valence-electron chi connectivity index (χ1n) is 6.56. The van der Waals surface area contributed by atoms with Crippen LogP contribution in [-0.4, -0.2) is 12.6 Å². The SMILES string of the molecule is CCN[C@@H](Cc1ccc2ccoc2c1)C1CC1. The molecule has 0 saturated heterocycles. The van der Waals surface area contributed by atoms with Crippen molar-refractivity contribution in [3.63, 3.8) is 0 Å². The first kappa shape index (κ1) is 10.8. The molecule has 1 aromatic heterocycles.